The average Bonchev–Trinajstić information content (AvgIpc) is 3.22. The van der Waals surface area contributed by atoms with Crippen LogP contribution in [0.15, 0.2) is 52.9 Å². The second-order valence-electron chi connectivity index (χ2n) is 7.42. The molecule has 6 nitrogen and oxygen atoms in total. The van der Waals surface area contributed by atoms with E-state index in [0.717, 1.165) is 22.6 Å². The van der Waals surface area contributed by atoms with E-state index in [1.165, 1.54) is 0 Å². The van der Waals surface area contributed by atoms with Gasteiger partial charge in [-0.25, -0.2) is 4.98 Å². The van der Waals surface area contributed by atoms with Crippen molar-refractivity contribution in [1.82, 2.24) is 4.98 Å². The van der Waals surface area contributed by atoms with Crippen molar-refractivity contribution >= 4 is 0 Å². The molecular formula is C23H25NO5. The first-order chi connectivity index (χ1) is 14.0. The van der Waals surface area contributed by atoms with Crippen molar-refractivity contribution in [2.45, 2.75) is 37.4 Å². The fourth-order valence-corrected chi connectivity index (χ4v) is 3.70. The highest BCUT2D eigenvalue weighted by molar-refractivity contribution is 5.77. The Morgan fingerprint density at radius 3 is 1.93 bits per heavy atom. The summed E-state index contributed by atoms with van der Waals surface area (Å²) in [5, 5.41) is 21.0. The molecule has 0 bridgehead atoms. The Morgan fingerprint density at radius 2 is 1.41 bits per heavy atom. The Morgan fingerprint density at radius 1 is 0.897 bits per heavy atom. The smallest absolute Gasteiger partial charge is 0.227 e. The van der Waals surface area contributed by atoms with E-state index < -0.39 is 5.60 Å². The van der Waals surface area contributed by atoms with E-state index in [1.807, 2.05) is 48.5 Å². The minimum absolute atomic E-state index is 0.293. The lowest BCUT2D eigenvalue weighted by atomic mass is 9.83. The van der Waals surface area contributed by atoms with Crippen molar-refractivity contribution in [2.75, 3.05) is 14.2 Å². The maximum absolute atomic E-state index is 11.1. The summed E-state index contributed by atoms with van der Waals surface area (Å²) in [6.07, 6.45) is 1.49. The number of ether oxygens (including phenoxy) is 2. The van der Waals surface area contributed by atoms with Gasteiger partial charge in [-0.1, -0.05) is 0 Å². The molecule has 0 spiro atoms. The number of methoxy groups -OCH3 is 2. The fraction of sp³-hybridized carbons (Fsp3) is 0.348. The molecular weight excluding hydrogens is 370 g/mol. The van der Waals surface area contributed by atoms with E-state index in [1.54, 1.807) is 14.2 Å². The minimum Gasteiger partial charge on any atom is -0.497 e. The quantitative estimate of drug-likeness (QED) is 0.675. The molecule has 1 aliphatic carbocycles. The zero-order valence-electron chi connectivity index (χ0n) is 16.6. The largest absolute Gasteiger partial charge is 0.497 e. The average molecular weight is 395 g/mol. The molecule has 0 amide bonds. The summed E-state index contributed by atoms with van der Waals surface area (Å²) >= 11 is 0. The number of nitrogens with zero attached hydrogens (tertiary/aromatic N) is 1. The highest BCUT2D eigenvalue weighted by atomic mass is 16.5. The number of benzene rings is 2. The van der Waals surface area contributed by atoms with Gasteiger partial charge in [0.15, 0.2) is 5.76 Å². The van der Waals surface area contributed by atoms with Crippen LogP contribution >= 0.6 is 0 Å². The Bertz CT molecular complexity index is 889. The van der Waals surface area contributed by atoms with Gasteiger partial charge in [0.05, 0.1) is 20.3 Å². The number of aliphatic hydroxyl groups is 2. The van der Waals surface area contributed by atoms with Crippen molar-refractivity contribution in [3.8, 4) is 34.1 Å². The predicted molar refractivity (Wildman–Crippen MR) is 109 cm³/mol. The Hall–Kier alpha value is -2.83. The van der Waals surface area contributed by atoms with Gasteiger partial charge < -0.3 is 24.1 Å². The lowest BCUT2D eigenvalue weighted by Gasteiger charge is -2.31. The molecule has 2 N–H and O–H groups in total. The highest BCUT2D eigenvalue weighted by Gasteiger charge is 2.39. The van der Waals surface area contributed by atoms with Gasteiger partial charge in [-0.15, -0.1) is 0 Å². The summed E-state index contributed by atoms with van der Waals surface area (Å²) in [6, 6.07) is 15.1. The first kappa shape index (κ1) is 19.5. The molecule has 1 heterocycles. The first-order valence-corrected chi connectivity index (χ1v) is 9.73. The van der Waals surface area contributed by atoms with Crippen molar-refractivity contribution < 1.29 is 24.1 Å². The third-order valence-corrected chi connectivity index (χ3v) is 5.52. The van der Waals surface area contributed by atoms with Crippen LogP contribution in [0.1, 0.15) is 31.6 Å². The summed E-state index contributed by atoms with van der Waals surface area (Å²) in [7, 11) is 3.25. The van der Waals surface area contributed by atoms with E-state index in [2.05, 4.69) is 0 Å². The molecule has 29 heavy (non-hydrogen) atoms. The van der Waals surface area contributed by atoms with Crippen LogP contribution in [0.2, 0.25) is 0 Å². The molecule has 3 aromatic rings. The summed E-state index contributed by atoms with van der Waals surface area (Å²) in [5.41, 5.74) is 1.19. The Balaban J connectivity index is 1.79. The molecule has 152 valence electrons. The molecule has 1 aromatic heterocycles. The maximum atomic E-state index is 11.1. The molecule has 0 atom stereocenters. The molecule has 1 saturated carbocycles. The van der Waals surface area contributed by atoms with Gasteiger partial charge in [-0.3, -0.25) is 0 Å². The van der Waals surface area contributed by atoms with Gasteiger partial charge in [0.2, 0.25) is 5.89 Å². The van der Waals surface area contributed by atoms with E-state index in [0.29, 0.717) is 43.0 Å². The second kappa shape index (κ2) is 7.89. The standard InChI is InChI=1S/C23H25NO5/c1-27-18-7-3-15(4-8-18)20-21(16-5-9-19(28-2)10-6-16)29-22(24-20)23(26)13-11-17(25)12-14-23/h3-10,17,25-26H,11-14H2,1-2H3/t17-,23-. The van der Waals surface area contributed by atoms with Crippen LogP contribution in [-0.2, 0) is 5.60 Å². The van der Waals surface area contributed by atoms with Crippen molar-refractivity contribution in [3.63, 3.8) is 0 Å². The maximum Gasteiger partial charge on any atom is 0.227 e. The highest BCUT2D eigenvalue weighted by Crippen LogP contribution is 2.42. The van der Waals surface area contributed by atoms with E-state index in [4.69, 9.17) is 18.9 Å². The van der Waals surface area contributed by atoms with Crippen LogP contribution in [0.25, 0.3) is 22.6 Å². The van der Waals surface area contributed by atoms with Crippen molar-refractivity contribution in [3.05, 3.63) is 54.4 Å². The van der Waals surface area contributed by atoms with Gasteiger partial charge in [0.1, 0.15) is 22.8 Å². The monoisotopic (exact) mass is 395 g/mol. The molecule has 0 unspecified atom stereocenters. The number of hydrogen-bond acceptors (Lipinski definition) is 6. The van der Waals surface area contributed by atoms with Gasteiger partial charge >= 0.3 is 0 Å². The van der Waals surface area contributed by atoms with E-state index in [-0.39, 0.29) is 6.10 Å². The zero-order chi connectivity index (χ0) is 20.4. The molecule has 6 heteroatoms. The summed E-state index contributed by atoms with van der Waals surface area (Å²) in [5.74, 6) is 2.39. The Kier molecular flexibility index (Phi) is 5.30. The Labute approximate surface area is 169 Å². The SMILES string of the molecule is COc1ccc(-c2nc([C@]3(O)CC[C@H](O)CC3)oc2-c2ccc(OC)cc2)cc1. The number of oxazole rings is 1. The molecule has 0 aliphatic heterocycles. The topological polar surface area (TPSA) is 85.0 Å². The molecule has 0 saturated heterocycles. The summed E-state index contributed by atoms with van der Waals surface area (Å²) < 4.78 is 16.6. The summed E-state index contributed by atoms with van der Waals surface area (Å²) in [6.45, 7) is 0. The van der Waals surface area contributed by atoms with Gasteiger partial charge in [0, 0.05) is 11.1 Å². The minimum atomic E-state index is -1.18. The molecule has 1 fully saturated rings. The van der Waals surface area contributed by atoms with Gasteiger partial charge in [-0.05, 0) is 74.2 Å². The third-order valence-electron chi connectivity index (χ3n) is 5.52. The lowest BCUT2D eigenvalue weighted by Crippen LogP contribution is -2.33. The summed E-state index contributed by atoms with van der Waals surface area (Å²) in [4.78, 5) is 4.71. The van der Waals surface area contributed by atoms with E-state index >= 15 is 0 Å². The van der Waals surface area contributed by atoms with Crippen LogP contribution in [0.4, 0.5) is 0 Å². The normalized spacial score (nSPS) is 21.7. The second-order valence-corrected chi connectivity index (χ2v) is 7.42. The number of rotatable bonds is 5. The van der Waals surface area contributed by atoms with Crippen LogP contribution in [-0.4, -0.2) is 35.5 Å². The molecule has 4 rings (SSSR count). The van der Waals surface area contributed by atoms with Gasteiger partial charge in [-0.2, -0.15) is 0 Å². The molecule has 1 aliphatic rings. The van der Waals surface area contributed by atoms with Gasteiger partial charge in [0.25, 0.3) is 0 Å². The predicted octanol–water partition coefficient (Wildman–Crippen LogP) is 4.15. The van der Waals surface area contributed by atoms with Crippen LogP contribution < -0.4 is 9.47 Å². The zero-order valence-corrected chi connectivity index (χ0v) is 16.6. The number of aliphatic hydroxyl groups excluding tert-OH is 1. The third kappa shape index (κ3) is 3.86. The lowest BCUT2D eigenvalue weighted by molar-refractivity contribution is -0.0539. The first-order valence-electron chi connectivity index (χ1n) is 9.73. The fourth-order valence-electron chi connectivity index (χ4n) is 3.70. The van der Waals surface area contributed by atoms with Crippen molar-refractivity contribution in [1.29, 1.82) is 0 Å². The van der Waals surface area contributed by atoms with Crippen LogP contribution in [0, 0.1) is 0 Å². The number of aromatic nitrogens is 1. The van der Waals surface area contributed by atoms with Crippen molar-refractivity contribution in [2.24, 2.45) is 0 Å². The van der Waals surface area contributed by atoms with E-state index in [9.17, 15) is 10.2 Å². The number of hydrogen-bond donors (Lipinski definition) is 2. The molecule has 2 aromatic carbocycles. The van der Waals surface area contributed by atoms with Crippen LogP contribution in [0.3, 0.4) is 0 Å². The van der Waals surface area contributed by atoms with Crippen LogP contribution in [0.5, 0.6) is 11.5 Å². The molecule has 0 radical (unpaired) electrons.